The average Bonchev–Trinajstić information content (AvgIpc) is 2.06. The Balaban J connectivity index is 3.14. The highest BCUT2D eigenvalue weighted by Crippen LogP contribution is 2.21. The van der Waals surface area contributed by atoms with E-state index in [0.717, 1.165) is 0 Å². The van der Waals surface area contributed by atoms with Crippen LogP contribution < -0.4 is 4.72 Å². The van der Waals surface area contributed by atoms with Crippen molar-refractivity contribution in [3.05, 3.63) is 0 Å². The first kappa shape index (κ1) is 9.67. The van der Waals surface area contributed by atoms with Crippen LogP contribution in [0, 0.1) is 0 Å². The van der Waals surface area contributed by atoms with Crippen molar-refractivity contribution in [3.8, 4) is 0 Å². The molecule has 1 aliphatic rings. The molecule has 1 aliphatic heterocycles. The van der Waals surface area contributed by atoms with Gasteiger partial charge in [0.1, 0.15) is 9.92 Å². The fourth-order valence-electron chi connectivity index (χ4n) is 0.836. The van der Waals surface area contributed by atoms with E-state index in [2.05, 4.69) is 9.08 Å². The van der Waals surface area contributed by atoms with Crippen LogP contribution >= 0.6 is 0 Å². The zero-order chi connectivity index (χ0) is 9.57. The first-order valence-electron chi connectivity index (χ1n) is 3.84. The quantitative estimate of drug-likeness (QED) is 0.611. The third kappa shape index (κ3) is 1.38. The van der Waals surface area contributed by atoms with Crippen molar-refractivity contribution in [2.75, 3.05) is 0 Å². The second-order valence-corrected chi connectivity index (χ2v) is 6.60. The first-order chi connectivity index (χ1) is 5.26. The van der Waals surface area contributed by atoms with Crippen molar-refractivity contribution < 1.29 is 9.00 Å². The second-order valence-electron chi connectivity index (χ2n) is 3.91. The Morgan fingerprint density at radius 2 is 2.00 bits per heavy atom. The Morgan fingerprint density at radius 1 is 1.50 bits per heavy atom. The number of amides is 1. The fraction of sp³-hybridized carbons (Fsp3) is 0.857. The van der Waals surface area contributed by atoms with E-state index in [1.165, 1.54) is 0 Å². The molecule has 1 N–H and O–H groups in total. The zero-order valence-electron chi connectivity index (χ0n) is 7.75. The smallest absolute Gasteiger partial charge is 0.270 e. The van der Waals surface area contributed by atoms with Crippen molar-refractivity contribution in [1.29, 1.82) is 0 Å². The van der Waals surface area contributed by atoms with Crippen LogP contribution in [0.3, 0.4) is 0 Å². The molecule has 0 saturated carbocycles. The van der Waals surface area contributed by atoms with Crippen molar-refractivity contribution in [1.82, 2.24) is 4.72 Å². The van der Waals surface area contributed by atoms with Gasteiger partial charge in [0.2, 0.25) is 0 Å². The molecule has 0 aliphatic carbocycles. The number of hydrogen-bond donors (Lipinski definition) is 1. The van der Waals surface area contributed by atoms with Crippen LogP contribution in [0.15, 0.2) is 4.36 Å². The molecular formula is C7H14N2O2S. The molecule has 0 aromatic heterocycles. The normalized spacial score (nSPS) is 36.7. The van der Waals surface area contributed by atoms with Gasteiger partial charge in [-0.15, -0.1) is 4.36 Å². The molecular weight excluding hydrogens is 176 g/mol. The van der Waals surface area contributed by atoms with Gasteiger partial charge in [0.15, 0.2) is 0 Å². The van der Waals surface area contributed by atoms with E-state index in [1.807, 2.05) is 0 Å². The first-order valence-corrected chi connectivity index (χ1v) is 5.35. The number of nitrogens with zero attached hydrogens (tertiary/aromatic N) is 1. The summed E-state index contributed by atoms with van der Waals surface area (Å²) in [6.45, 7) is 7.08. The molecule has 2 atom stereocenters. The highest BCUT2D eigenvalue weighted by molar-refractivity contribution is 7.93. The molecule has 1 heterocycles. The van der Waals surface area contributed by atoms with Gasteiger partial charge in [-0.1, -0.05) is 0 Å². The maximum Gasteiger partial charge on any atom is 0.272 e. The van der Waals surface area contributed by atoms with Gasteiger partial charge in [-0.05, 0) is 27.7 Å². The topological polar surface area (TPSA) is 58.5 Å². The summed E-state index contributed by atoms with van der Waals surface area (Å²) >= 11 is 0. The largest absolute Gasteiger partial charge is 0.272 e. The monoisotopic (exact) mass is 190 g/mol. The summed E-state index contributed by atoms with van der Waals surface area (Å²) < 4.78 is 17.8. The van der Waals surface area contributed by atoms with Crippen molar-refractivity contribution in [3.63, 3.8) is 0 Å². The Morgan fingerprint density at radius 3 is 2.17 bits per heavy atom. The van der Waals surface area contributed by atoms with E-state index in [9.17, 15) is 9.00 Å². The van der Waals surface area contributed by atoms with Gasteiger partial charge in [0.05, 0.1) is 10.8 Å². The summed E-state index contributed by atoms with van der Waals surface area (Å²) in [4.78, 5) is 11.0. The summed E-state index contributed by atoms with van der Waals surface area (Å²) in [5.74, 6) is -0.310. The van der Waals surface area contributed by atoms with E-state index in [0.29, 0.717) is 0 Å². The molecule has 1 amide bonds. The van der Waals surface area contributed by atoms with Crippen LogP contribution in [0.1, 0.15) is 27.7 Å². The maximum atomic E-state index is 11.9. The molecule has 0 fully saturated rings. The lowest BCUT2D eigenvalue weighted by Gasteiger charge is -2.21. The molecule has 0 bridgehead atoms. The molecule has 70 valence electrons. The van der Waals surface area contributed by atoms with Crippen LogP contribution in [0.4, 0.5) is 0 Å². The standard InChI is InChI=1S/C7H14N2O2S/c1-5-6(10)9-12(11,8-5)7(2,3)4/h5H,1-4H3,(H,8,9,10,11)/t5-,12?/m1/s1. The second kappa shape index (κ2) is 2.53. The molecule has 0 spiro atoms. The highest BCUT2D eigenvalue weighted by Gasteiger charge is 2.36. The van der Waals surface area contributed by atoms with Crippen molar-refractivity contribution in [2.45, 2.75) is 38.5 Å². The molecule has 5 heteroatoms. The van der Waals surface area contributed by atoms with Crippen molar-refractivity contribution >= 4 is 15.8 Å². The van der Waals surface area contributed by atoms with Gasteiger partial charge in [-0.3, -0.25) is 4.79 Å². The number of carbonyl (C=O) groups excluding carboxylic acids is 1. The molecule has 1 rings (SSSR count). The predicted octanol–water partition coefficient (Wildman–Crippen LogP) is 0.686. The molecule has 0 aromatic carbocycles. The summed E-state index contributed by atoms with van der Waals surface area (Å²) in [6.07, 6.45) is 0. The van der Waals surface area contributed by atoms with Gasteiger partial charge >= 0.3 is 0 Å². The Hall–Kier alpha value is -0.420. The van der Waals surface area contributed by atoms with E-state index < -0.39 is 20.7 Å². The van der Waals surface area contributed by atoms with Gasteiger partial charge in [-0.2, -0.15) is 0 Å². The number of hydrogen-bond acceptors (Lipinski definition) is 2. The summed E-state index contributed by atoms with van der Waals surface area (Å²) in [7, 11) is -2.54. The molecule has 0 radical (unpaired) electrons. The highest BCUT2D eigenvalue weighted by atomic mass is 32.2. The molecule has 0 saturated heterocycles. The Labute approximate surface area is 73.0 Å². The lowest BCUT2D eigenvalue weighted by Crippen LogP contribution is -2.39. The van der Waals surface area contributed by atoms with Gasteiger partial charge < -0.3 is 0 Å². The number of carbonyl (C=O) groups is 1. The van der Waals surface area contributed by atoms with Crippen LogP contribution in [0.25, 0.3) is 0 Å². The van der Waals surface area contributed by atoms with Crippen LogP contribution in [-0.4, -0.2) is 20.9 Å². The van der Waals surface area contributed by atoms with Gasteiger partial charge in [0.25, 0.3) is 5.91 Å². The minimum Gasteiger partial charge on any atom is -0.270 e. The number of nitrogens with one attached hydrogen (secondary N) is 1. The number of rotatable bonds is 0. The van der Waals surface area contributed by atoms with E-state index in [1.54, 1.807) is 27.7 Å². The van der Waals surface area contributed by atoms with Gasteiger partial charge in [0, 0.05) is 0 Å². The molecule has 4 nitrogen and oxygen atoms in total. The minimum atomic E-state index is -2.54. The SMILES string of the molecule is C[C@H]1NS(=O)(C(C)(C)C)=NC1=O. The molecule has 1 unspecified atom stereocenters. The lowest BCUT2D eigenvalue weighted by atomic mass is 10.3. The third-order valence-corrected chi connectivity index (χ3v) is 4.53. The van der Waals surface area contributed by atoms with E-state index in [4.69, 9.17) is 0 Å². The van der Waals surface area contributed by atoms with Crippen LogP contribution in [0.2, 0.25) is 0 Å². The fourth-order valence-corrected chi connectivity index (χ4v) is 2.51. The Kier molecular flexibility index (Phi) is 2.04. The molecule has 0 aromatic rings. The molecule has 12 heavy (non-hydrogen) atoms. The van der Waals surface area contributed by atoms with Gasteiger partial charge in [-0.25, -0.2) is 8.93 Å². The summed E-state index contributed by atoms with van der Waals surface area (Å²) in [6, 6.07) is -0.406. The maximum absolute atomic E-state index is 11.9. The Bertz CT molecular complexity index is 321. The lowest BCUT2D eigenvalue weighted by molar-refractivity contribution is -0.118. The predicted molar refractivity (Wildman–Crippen MR) is 47.9 cm³/mol. The van der Waals surface area contributed by atoms with E-state index in [-0.39, 0.29) is 5.91 Å². The average molecular weight is 190 g/mol. The zero-order valence-corrected chi connectivity index (χ0v) is 8.57. The van der Waals surface area contributed by atoms with Crippen molar-refractivity contribution in [2.24, 2.45) is 4.36 Å². The minimum absolute atomic E-state index is 0.310. The summed E-state index contributed by atoms with van der Waals surface area (Å²) in [5, 5.41) is 0. The van der Waals surface area contributed by atoms with E-state index >= 15 is 0 Å². The third-order valence-electron chi connectivity index (χ3n) is 1.76. The van der Waals surface area contributed by atoms with Crippen LogP contribution in [-0.2, 0) is 14.7 Å². The van der Waals surface area contributed by atoms with Crippen LogP contribution in [0.5, 0.6) is 0 Å². The summed E-state index contributed by atoms with van der Waals surface area (Å²) in [5.41, 5.74) is 0.